The normalized spacial score (nSPS) is 16.5. The fourth-order valence-corrected chi connectivity index (χ4v) is 3.38. The van der Waals surface area contributed by atoms with Gasteiger partial charge in [0.2, 0.25) is 5.91 Å². The van der Waals surface area contributed by atoms with E-state index in [1.807, 2.05) is 25.1 Å². The molecule has 3 rings (SSSR count). The molecule has 0 aliphatic carbocycles. The Kier molecular flexibility index (Phi) is 6.11. The summed E-state index contributed by atoms with van der Waals surface area (Å²) >= 11 is 0. The lowest BCUT2D eigenvalue weighted by Crippen LogP contribution is -2.49. The molecule has 0 saturated carbocycles. The van der Waals surface area contributed by atoms with Crippen molar-refractivity contribution in [1.29, 1.82) is 0 Å². The maximum Gasteiger partial charge on any atom is 0.275 e. The quantitative estimate of drug-likeness (QED) is 0.782. The molecule has 5 nitrogen and oxygen atoms in total. The van der Waals surface area contributed by atoms with E-state index in [9.17, 15) is 14.0 Å². The molecule has 2 amide bonds. The van der Waals surface area contributed by atoms with Crippen molar-refractivity contribution in [1.82, 2.24) is 10.2 Å². The van der Waals surface area contributed by atoms with Gasteiger partial charge in [-0.25, -0.2) is 4.39 Å². The maximum atomic E-state index is 13.2. The standard InChI is InChI=1S/C23H26FN3O2/c1-16(9-10-17-7-5-4-6-8-17)25-20(28)15-27-22(29)21(26-23(27,2)3)18-11-13-19(24)14-12-18/h4-8,11-14,16H,9-10,15H2,1-3H3,(H,25,28)/t16-/m0/s1. The number of hydrogen-bond acceptors (Lipinski definition) is 3. The summed E-state index contributed by atoms with van der Waals surface area (Å²) in [7, 11) is 0. The van der Waals surface area contributed by atoms with Crippen LogP contribution in [0.4, 0.5) is 4.39 Å². The van der Waals surface area contributed by atoms with Gasteiger partial charge in [-0.15, -0.1) is 0 Å². The Balaban J connectivity index is 1.58. The third-order valence-electron chi connectivity index (χ3n) is 5.03. The lowest BCUT2D eigenvalue weighted by molar-refractivity contribution is -0.134. The van der Waals surface area contributed by atoms with Gasteiger partial charge in [0.25, 0.3) is 5.91 Å². The van der Waals surface area contributed by atoms with Crippen LogP contribution < -0.4 is 5.32 Å². The van der Waals surface area contributed by atoms with Crippen molar-refractivity contribution in [3.05, 3.63) is 71.5 Å². The average molecular weight is 395 g/mol. The topological polar surface area (TPSA) is 61.8 Å². The molecule has 0 radical (unpaired) electrons. The van der Waals surface area contributed by atoms with Gasteiger partial charge in [-0.2, -0.15) is 0 Å². The molecular formula is C23H26FN3O2. The lowest BCUT2D eigenvalue weighted by atomic mass is 10.1. The second-order valence-corrected chi connectivity index (χ2v) is 7.85. The Bertz CT molecular complexity index is 907. The highest BCUT2D eigenvalue weighted by atomic mass is 19.1. The first kappa shape index (κ1) is 20.7. The SMILES string of the molecule is C[C@@H](CCc1ccccc1)NC(=O)CN1C(=O)C(c2ccc(F)cc2)=NC1(C)C. The highest BCUT2D eigenvalue weighted by Crippen LogP contribution is 2.26. The van der Waals surface area contributed by atoms with Crippen LogP contribution in [0.1, 0.15) is 38.3 Å². The number of aliphatic imine (C=N–C) groups is 1. The number of amides is 2. The Hall–Kier alpha value is -3.02. The summed E-state index contributed by atoms with van der Waals surface area (Å²) in [5.41, 5.74) is 1.18. The number of halogens is 1. The Morgan fingerprint density at radius 1 is 1.14 bits per heavy atom. The van der Waals surface area contributed by atoms with E-state index in [4.69, 9.17) is 0 Å². The van der Waals surface area contributed by atoms with Gasteiger partial charge in [-0.3, -0.25) is 14.6 Å². The molecule has 0 fully saturated rings. The highest BCUT2D eigenvalue weighted by molar-refractivity contribution is 6.46. The molecule has 1 aliphatic rings. The summed E-state index contributed by atoms with van der Waals surface area (Å²) < 4.78 is 13.2. The first-order valence-corrected chi connectivity index (χ1v) is 9.77. The smallest absolute Gasteiger partial charge is 0.275 e. The van der Waals surface area contributed by atoms with E-state index in [0.29, 0.717) is 5.56 Å². The van der Waals surface area contributed by atoms with Crippen LogP contribution in [0.3, 0.4) is 0 Å². The van der Waals surface area contributed by atoms with Gasteiger partial charge in [0.15, 0.2) is 0 Å². The zero-order chi connectivity index (χ0) is 21.0. The summed E-state index contributed by atoms with van der Waals surface area (Å²) in [6, 6.07) is 15.7. The van der Waals surface area contributed by atoms with Gasteiger partial charge in [0, 0.05) is 11.6 Å². The minimum Gasteiger partial charge on any atom is -0.352 e. The van der Waals surface area contributed by atoms with E-state index in [0.717, 1.165) is 12.8 Å². The molecular weight excluding hydrogens is 369 g/mol. The van der Waals surface area contributed by atoms with E-state index in [1.54, 1.807) is 13.8 Å². The van der Waals surface area contributed by atoms with Gasteiger partial charge in [-0.1, -0.05) is 30.3 Å². The Morgan fingerprint density at radius 2 is 1.79 bits per heavy atom. The zero-order valence-corrected chi connectivity index (χ0v) is 17.0. The van der Waals surface area contributed by atoms with Crippen LogP contribution in [-0.2, 0) is 16.0 Å². The van der Waals surface area contributed by atoms with E-state index < -0.39 is 5.66 Å². The van der Waals surface area contributed by atoms with Gasteiger partial charge in [0.1, 0.15) is 23.7 Å². The predicted molar refractivity (Wildman–Crippen MR) is 111 cm³/mol. The van der Waals surface area contributed by atoms with Crippen molar-refractivity contribution < 1.29 is 14.0 Å². The molecule has 0 aromatic heterocycles. The Labute approximate surface area is 170 Å². The molecule has 1 heterocycles. The molecule has 152 valence electrons. The number of nitrogens with one attached hydrogen (secondary N) is 1. The van der Waals surface area contributed by atoms with E-state index in [2.05, 4.69) is 22.4 Å². The van der Waals surface area contributed by atoms with Gasteiger partial charge in [0.05, 0.1) is 0 Å². The average Bonchev–Trinajstić information content (AvgIpc) is 2.91. The molecule has 0 saturated heterocycles. The van der Waals surface area contributed by atoms with Crippen LogP contribution >= 0.6 is 0 Å². The van der Waals surface area contributed by atoms with Crippen molar-refractivity contribution in [3.63, 3.8) is 0 Å². The van der Waals surface area contributed by atoms with Crippen molar-refractivity contribution >= 4 is 17.5 Å². The summed E-state index contributed by atoms with van der Waals surface area (Å²) in [6.07, 6.45) is 1.68. The first-order valence-electron chi connectivity index (χ1n) is 9.77. The Morgan fingerprint density at radius 3 is 2.45 bits per heavy atom. The molecule has 2 aromatic rings. The fourth-order valence-electron chi connectivity index (χ4n) is 3.38. The van der Waals surface area contributed by atoms with Crippen molar-refractivity contribution in [3.8, 4) is 0 Å². The second kappa shape index (κ2) is 8.55. The molecule has 0 spiro atoms. The third kappa shape index (κ3) is 5.08. The highest BCUT2D eigenvalue weighted by Gasteiger charge is 2.41. The number of carbonyl (C=O) groups excluding carboxylic acids is 2. The zero-order valence-electron chi connectivity index (χ0n) is 17.0. The van der Waals surface area contributed by atoms with Crippen molar-refractivity contribution in [2.45, 2.75) is 45.3 Å². The molecule has 1 N–H and O–H groups in total. The summed E-state index contributed by atoms with van der Waals surface area (Å²) in [5, 5.41) is 2.96. The minimum atomic E-state index is -0.842. The predicted octanol–water partition coefficient (Wildman–Crippen LogP) is 3.33. The number of carbonyl (C=O) groups is 2. The minimum absolute atomic E-state index is 0.0130. The van der Waals surface area contributed by atoms with Gasteiger partial charge < -0.3 is 10.2 Å². The number of rotatable bonds is 7. The number of nitrogens with zero attached hydrogens (tertiary/aromatic N) is 2. The molecule has 0 unspecified atom stereocenters. The summed E-state index contributed by atoms with van der Waals surface area (Å²) in [6.45, 7) is 5.45. The van der Waals surface area contributed by atoms with Gasteiger partial charge >= 0.3 is 0 Å². The van der Waals surface area contributed by atoms with Crippen LogP contribution in [0.5, 0.6) is 0 Å². The lowest BCUT2D eigenvalue weighted by Gasteiger charge is -2.29. The van der Waals surface area contributed by atoms with Crippen LogP contribution in [0.25, 0.3) is 0 Å². The summed E-state index contributed by atoms with van der Waals surface area (Å²) in [4.78, 5) is 31.3. The molecule has 0 bridgehead atoms. The fraction of sp³-hybridized carbons (Fsp3) is 0.348. The number of hydrogen-bond donors (Lipinski definition) is 1. The molecule has 1 atom stereocenters. The van der Waals surface area contributed by atoms with Gasteiger partial charge in [-0.05, 0) is 63.4 Å². The van der Waals surface area contributed by atoms with Crippen LogP contribution in [-0.4, -0.2) is 40.7 Å². The van der Waals surface area contributed by atoms with Crippen LogP contribution in [0, 0.1) is 5.82 Å². The first-order chi connectivity index (χ1) is 13.8. The van der Waals surface area contributed by atoms with E-state index in [-0.39, 0.29) is 35.9 Å². The third-order valence-corrected chi connectivity index (χ3v) is 5.03. The number of benzene rings is 2. The largest absolute Gasteiger partial charge is 0.352 e. The van der Waals surface area contributed by atoms with Crippen molar-refractivity contribution in [2.24, 2.45) is 4.99 Å². The second-order valence-electron chi connectivity index (χ2n) is 7.85. The van der Waals surface area contributed by atoms with Crippen molar-refractivity contribution in [2.75, 3.05) is 6.54 Å². The molecule has 1 aliphatic heterocycles. The van der Waals surface area contributed by atoms with E-state index in [1.165, 1.54) is 34.7 Å². The van der Waals surface area contributed by atoms with Crippen LogP contribution in [0.2, 0.25) is 0 Å². The molecule has 6 heteroatoms. The monoisotopic (exact) mass is 395 g/mol. The van der Waals surface area contributed by atoms with E-state index >= 15 is 0 Å². The molecule has 2 aromatic carbocycles. The maximum absolute atomic E-state index is 13.2. The summed E-state index contributed by atoms with van der Waals surface area (Å²) in [5.74, 6) is -0.920. The van der Waals surface area contributed by atoms with Crippen LogP contribution in [0.15, 0.2) is 59.6 Å². The molecule has 29 heavy (non-hydrogen) atoms. The number of aryl methyl sites for hydroxylation is 1.